The van der Waals surface area contributed by atoms with Gasteiger partial charge >= 0.3 is 6.69 Å². The Labute approximate surface area is 109 Å². The molecule has 2 rings (SSSR count). The van der Waals surface area contributed by atoms with Crippen molar-refractivity contribution in [2.75, 3.05) is 5.75 Å². The van der Waals surface area contributed by atoms with Gasteiger partial charge in [-0.05, 0) is 11.8 Å². The SMILES string of the molecule is C=CCS(=O)(=O)N1N=Cc2sc(C)cc2[B-]1(O)O. The summed E-state index contributed by atoms with van der Waals surface area (Å²) in [6.07, 6.45) is 2.49. The Morgan fingerprint density at radius 3 is 2.89 bits per heavy atom. The van der Waals surface area contributed by atoms with Crippen LogP contribution in [0.5, 0.6) is 0 Å². The fourth-order valence-corrected chi connectivity index (χ4v) is 3.97. The highest BCUT2D eigenvalue weighted by atomic mass is 32.2. The van der Waals surface area contributed by atoms with Crippen molar-refractivity contribution in [3.63, 3.8) is 0 Å². The van der Waals surface area contributed by atoms with Gasteiger partial charge in [-0.15, -0.1) is 23.4 Å². The number of nitrogens with zero attached hydrogens (tertiary/aromatic N) is 2. The second kappa shape index (κ2) is 4.20. The Balaban J connectivity index is 2.53. The van der Waals surface area contributed by atoms with E-state index in [1.807, 2.05) is 0 Å². The zero-order chi connectivity index (χ0) is 13.6. The third-order valence-electron chi connectivity index (χ3n) is 2.54. The maximum absolute atomic E-state index is 11.9. The van der Waals surface area contributed by atoms with E-state index in [-0.39, 0.29) is 5.46 Å². The van der Waals surface area contributed by atoms with Crippen LogP contribution in [0.1, 0.15) is 9.75 Å². The maximum atomic E-state index is 11.9. The minimum absolute atomic E-state index is 0.181. The quantitative estimate of drug-likeness (QED) is 0.571. The van der Waals surface area contributed by atoms with Crippen molar-refractivity contribution >= 4 is 39.7 Å². The van der Waals surface area contributed by atoms with Crippen molar-refractivity contribution in [1.82, 2.24) is 4.33 Å². The lowest BCUT2D eigenvalue weighted by atomic mass is 9.65. The Bertz CT molecular complexity index is 621. The lowest BCUT2D eigenvalue weighted by Crippen LogP contribution is -2.65. The Morgan fingerprint density at radius 2 is 2.28 bits per heavy atom. The summed E-state index contributed by atoms with van der Waals surface area (Å²) in [7, 11) is -3.92. The van der Waals surface area contributed by atoms with E-state index in [9.17, 15) is 18.5 Å². The Hall–Kier alpha value is -1.16. The average Bonchev–Trinajstić information content (AvgIpc) is 2.59. The molecule has 0 bridgehead atoms. The zero-order valence-corrected chi connectivity index (χ0v) is 11.3. The minimum Gasteiger partial charge on any atom is -0.560 e. The van der Waals surface area contributed by atoms with Crippen LogP contribution in [0.3, 0.4) is 0 Å². The highest BCUT2D eigenvalue weighted by Crippen LogP contribution is 2.22. The highest BCUT2D eigenvalue weighted by Gasteiger charge is 2.40. The lowest BCUT2D eigenvalue weighted by molar-refractivity contribution is 0.311. The van der Waals surface area contributed by atoms with E-state index in [0.717, 1.165) is 4.88 Å². The average molecular weight is 287 g/mol. The number of hydrazone groups is 1. The Morgan fingerprint density at radius 1 is 1.61 bits per heavy atom. The van der Waals surface area contributed by atoms with Gasteiger partial charge in [0, 0.05) is 4.88 Å². The number of rotatable bonds is 3. The molecule has 2 heterocycles. The summed E-state index contributed by atoms with van der Waals surface area (Å²) in [6, 6.07) is 1.56. The molecular weight excluding hydrogens is 275 g/mol. The summed E-state index contributed by atoms with van der Waals surface area (Å²) < 4.78 is 24.1. The topological polar surface area (TPSA) is 90.2 Å². The van der Waals surface area contributed by atoms with Gasteiger partial charge in [0.2, 0.25) is 10.0 Å². The summed E-state index contributed by atoms with van der Waals surface area (Å²) >= 11 is 1.32. The molecule has 9 heteroatoms. The number of hydrogen-bond acceptors (Lipinski definition) is 6. The first-order chi connectivity index (χ1) is 8.29. The molecule has 0 amide bonds. The van der Waals surface area contributed by atoms with Gasteiger partial charge in [-0.3, -0.25) is 0 Å². The number of sulfonamides is 1. The summed E-state index contributed by atoms with van der Waals surface area (Å²) in [6.45, 7) is 1.73. The van der Waals surface area contributed by atoms with E-state index in [1.54, 1.807) is 13.0 Å². The van der Waals surface area contributed by atoms with Gasteiger partial charge in [-0.2, -0.15) is 0 Å². The first-order valence-corrected chi connectivity index (χ1v) is 7.59. The molecule has 0 saturated heterocycles. The molecule has 1 aliphatic rings. The van der Waals surface area contributed by atoms with E-state index in [1.165, 1.54) is 23.6 Å². The molecule has 0 aromatic carbocycles. The molecular formula is C9H12BN2O4S2-. The minimum atomic E-state index is -3.92. The van der Waals surface area contributed by atoms with Crippen LogP contribution >= 0.6 is 11.3 Å². The van der Waals surface area contributed by atoms with Crippen molar-refractivity contribution in [1.29, 1.82) is 0 Å². The molecule has 0 spiro atoms. The second-order valence-corrected chi connectivity index (χ2v) is 7.15. The summed E-state index contributed by atoms with van der Waals surface area (Å²) in [5, 5.41) is 23.8. The Kier molecular flexibility index (Phi) is 3.10. The zero-order valence-electron chi connectivity index (χ0n) is 9.65. The summed E-state index contributed by atoms with van der Waals surface area (Å²) in [5.74, 6) is -0.409. The molecule has 0 unspecified atom stereocenters. The molecule has 1 aliphatic heterocycles. The van der Waals surface area contributed by atoms with Gasteiger partial charge in [-0.1, -0.05) is 12.1 Å². The van der Waals surface area contributed by atoms with Crippen LogP contribution in [0.15, 0.2) is 23.8 Å². The third-order valence-corrected chi connectivity index (χ3v) is 5.16. The van der Waals surface area contributed by atoms with Crippen molar-refractivity contribution < 1.29 is 18.5 Å². The summed E-state index contributed by atoms with van der Waals surface area (Å²) in [5.41, 5.74) is 0.181. The number of aryl methyl sites for hydroxylation is 1. The molecule has 0 saturated carbocycles. The molecule has 6 nitrogen and oxygen atoms in total. The van der Waals surface area contributed by atoms with Crippen molar-refractivity contribution in [3.05, 3.63) is 28.5 Å². The standard InChI is InChI=1S/C9H12BN2O4S2/c1-3-4-18(15,16)12-10(13,14)8-5-7(2)17-9(8)6-11-12/h3,5-6,13-14H,1,4H2,2H3/q-1. The fourth-order valence-electron chi connectivity index (χ4n) is 1.80. The van der Waals surface area contributed by atoms with Crippen molar-refractivity contribution in [2.45, 2.75) is 6.92 Å². The van der Waals surface area contributed by atoms with Crippen molar-refractivity contribution in [2.24, 2.45) is 5.10 Å². The number of fused-ring (bicyclic) bond motifs is 1. The molecule has 2 N–H and O–H groups in total. The van der Waals surface area contributed by atoms with Crippen LogP contribution < -0.4 is 5.46 Å². The van der Waals surface area contributed by atoms with Gasteiger partial charge in [0.15, 0.2) is 0 Å². The van der Waals surface area contributed by atoms with Crippen LogP contribution in [-0.2, 0) is 10.0 Å². The van der Waals surface area contributed by atoms with Gasteiger partial charge < -0.3 is 14.4 Å². The van der Waals surface area contributed by atoms with Crippen LogP contribution in [-0.4, -0.2) is 41.4 Å². The van der Waals surface area contributed by atoms with Crippen molar-refractivity contribution in [3.8, 4) is 0 Å². The first kappa shape index (κ1) is 13.3. The predicted molar refractivity (Wildman–Crippen MR) is 72.3 cm³/mol. The first-order valence-electron chi connectivity index (χ1n) is 5.17. The third kappa shape index (κ3) is 1.99. The molecule has 1 aromatic heterocycles. The second-order valence-electron chi connectivity index (χ2n) is 3.99. The van der Waals surface area contributed by atoms with E-state index in [4.69, 9.17) is 0 Å². The van der Waals surface area contributed by atoms with Gasteiger partial charge in [0.05, 0.1) is 12.0 Å². The molecule has 1 aromatic rings. The molecule has 0 fully saturated rings. The van der Waals surface area contributed by atoms with Crippen LogP contribution in [0.25, 0.3) is 0 Å². The largest absolute Gasteiger partial charge is 0.560 e. The molecule has 0 atom stereocenters. The highest BCUT2D eigenvalue weighted by molar-refractivity contribution is 7.90. The van der Waals surface area contributed by atoms with E-state index in [2.05, 4.69) is 11.7 Å². The molecule has 0 aliphatic carbocycles. The van der Waals surface area contributed by atoms with E-state index >= 15 is 0 Å². The number of thiophene rings is 1. The van der Waals surface area contributed by atoms with Crippen LogP contribution in [0.2, 0.25) is 0 Å². The van der Waals surface area contributed by atoms with Gasteiger partial charge in [0.1, 0.15) is 0 Å². The normalized spacial score (nSPS) is 17.6. The number of hydrogen-bond donors (Lipinski definition) is 2. The molecule has 0 radical (unpaired) electrons. The molecule has 98 valence electrons. The van der Waals surface area contributed by atoms with E-state index < -0.39 is 22.5 Å². The predicted octanol–water partition coefficient (Wildman–Crippen LogP) is -0.648. The fraction of sp³-hybridized carbons (Fsp3) is 0.222. The molecule has 18 heavy (non-hydrogen) atoms. The van der Waals surface area contributed by atoms with Crippen LogP contribution in [0, 0.1) is 6.92 Å². The lowest BCUT2D eigenvalue weighted by Gasteiger charge is -2.40. The monoisotopic (exact) mass is 287 g/mol. The van der Waals surface area contributed by atoms with Gasteiger partial charge in [0.25, 0.3) is 0 Å². The maximum Gasteiger partial charge on any atom is 0.402 e. The summed E-state index contributed by atoms with van der Waals surface area (Å²) in [4.78, 5) is 1.41. The van der Waals surface area contributed by atoms with Crippen LogP contribution in [0.4, 0.5) is 0 Å². The van der Waals surface area contributed by atoms with Gasteiger partial charge in [-0.25, -0.2) is 13.5 Å². The van der Waals surface area contributed by atoms with E-state index in [0.29, 0.717) is 9.20 Å². The smallest absolute Gasteiger partial charge is 0.402 e.